The van der Waals surface area contributed by atoms with Crippen molar-refractivity contribution in [2.24, 2.45) is 0 Å². The lowest BCUT2D eigenvalue weighted by Crippen LogP contribution is -2.52. The molecule has 0 fully saturated rings. The van der Waals surface area contributed by atoms with E-state index in [0.717, 1.165) is 5.39 Å². The molecule has 5 rings (SSSR count). The third-order valence-corrected chi connectivity index (χ3v) is 7.29. The van der Waals surface area contributed by atoms with E-state index in [1.165, 1.54) is 9.21 Å². The second kappa shape index (κ2) is 6.05. The Morgan fingerprint density at radius 3 is 2.48 bits per heavy atom. The highest BCUT2D eigenvalue weighted by atomic mass is 32.2. The van der Waals surface area contributed by atoms with Gasteiger partial charge in [0, 0.05) is 5.39 Å². The van der Waals surface area contributed by atoms with Crippen molar-refractivity contribution in [3.63, 3.8) is 0 Å². The molecular weight excluding hydrogens is 390 g/mol. The Morgan fingerprint density at radius 1 is 1.00 bits per heavy atom. The molecule has 29 heavy (non-hydrogen) atoms. The van der Waals surface area contributed by atoms with Crippen LogP contribution in [-0.4, -0.2) is 32.8 Å². The zero-order valence-corrected chi connectivity index (χ0v) is 16.3. The molecule has 2 amide bonds. The summed E-state index contributed by atoms with van der Waals surface area (Å²) in [4.78, 5) is 27.0. The minimum atomic E-state index is -3.89. The molecule has 8 heteroatoms. The molecule has 7 nitrogen and oxygen atoms in total. The summed E-state index contributed by atoms with van der Waals surface area (Å²) < 4.78 is 27.7. The molecular formula is C21H17N3O4S. The Labute approximate surface area is 167 Å². The Hall–Kier alpha value is -3.39. The van der Waals surface area contributed by atoms with Crippen molar-refractivity contribution in [1.82, 2.24) is 0 Å². The Kier molecular flexibility index (Phi) is 3.69. The first-order valence-corrected chi connectivity index (χ1v) is 10.6. The first-order chi connectivity index (χ1) is 13.9. The lowest BCUT2D eigenvalue weighted by atomic mass is 10.1. The van der Waals surface area contributed by atoms with Crippen molar-refractivity contribution < 1.29 is 18.0 Å². The number of nitrogens with one attached hydrogen (secondary N) is 1. The lowest BCUT2D eigenvalue weighted by molar-refractivity contribution is -0.122. The first kappa shape index (κ1) is 17.7. The number of para-hydroxylation sites is 2. The van der Waals surface area contributed by atoms with Gasteiger partial charge in [-0.15, -0.1) is 0 Å². The van der Waals surface area contributed by atoms with Gasteiger partial charge in [0.2, 0.25) is 5.91 Å². The average Bonchev–Trinajstić information content (AvgIpc) is 2.95. The van der Waals surface area contributed by atoms with Gasteiger partial charge in [0.05, 0.1) is 22.0 Å². The van der Waals surface area contributed by atoms with E-state index in [9.17, 15) is 18.0 Å². The van der Waals surface area contributed by atoms with E-state index >= 15 is 0 Å². The summed E-state index contributed by atoms with van der Waals surface area (Å²) in [6.45, 7) is 1.39. The third kappa shape index (κ3) is 2.45. The van der Waals surface area contributed by atoms with E-state index in [2.05, 4.69) is 5.32 Å². The smallest absolute Gasteiger partial charge is 0.265 e. The number of amides is 2. The fourth-order valence-corrected chi connectivity index (χ4v) is 5.95. The number of sulfonamides is 1. The van der Waals surface area contributed by atoms with E-state index in [0.29, 0.717) is 22.4 Å². The van der Waals surface area contributed by atoms with Gasteiger partial charge in [-0.3, -0.25) is 18.8 Å². The van der Waals surface area contributed by atoms with E-state index in [-0.39, 0.29) is 17.3 Å². The van der Waals surface area contributed by atoms with E-state index in [4.69, 9.17) is 0 Å². The second-order valence-corrected chi connectivity index (χ2v) is 8.88. The summed E-state index contributed by atoms with van der Waals surface area (Å²) in [5.74, 6) is -0.778. The fraction of sp³-hybridized carbons (Fsp3) is 0.143. The van der Waals surface area contributed by atoms with Crippen molar-refractivity contribution >= 4 is 49.7 Å². The van der Waals surface area contributed by atoms with Gasteiger partial charge in [-0.2, -0.15) is 0 Å². The van der Waals surface area contributed by atoms with Crippen molar-refractivity contribution in [3.8, 4) is 0 Å². The number of rotatable bonds is 2. The maximum atomic E-state index is 13.4. The van der Waals surface area contributed by atoms with Crippen LogP contribution in [0, 0.1) is 0 Å². The first-order valence-electron chi connectivity index (χ1n) is 9.16. The lowest BCUT2D eigenvalue weighted by Gasteiger charge is -2.34. The van der Waals surface area contributed by atoms with Crippen LogP contribution in [0.5, 0.6) is 0 Å². The molecule has 0 saturated carbocycles. The highest BCUT2D eigenvalue weighted by Crippen LogP contribution is 2.43. The molecule has 0 radical (unpaired) electrons. The molecule has 2 aliphatic rings. The molecule has 3 aromatic rings. The summed E-state index contributed by atoms with van der Waals surface area (Å²) >= 11 is 0. The van der Waals surface area contributed by atoms with Crippen LogP contribution in [0.25, 0.3) is 10.8 Å². The van der Waals surface area contributed by atoms with Gasteiger partial charge >= 0.3 is 0 Å². The van der Waals surface area contributed by atoms with Crippen molar-refractivity contribution in [1.29, 1.82) is 0 Å². The summed E-state index contributed by atoms with van der Waals surface area (Å²) in [5.41, 5.74) is 1.56. The van der Waals surface area contributed by atoms with E-state index in [1.807, 2.05) is 12.1 Å². The second-order valence-electron chi connectivity index (χ2n) is 7.10. The number of fused-ring (bicyclic) bond motifs is 1. The predicted octanol–water partition coefficient (Wildman–Crippen LogP) is 2.72. The van der Waals surface area contributed by atoms with Crippen LogP contribution in [-0.2, 0) is 19.6 Å². The monoisotopic (exact) mass is 407 g/mol. The molecule has 1 atom stereocenters. The quantitative estimate of drug-likeness (QED) is 0.708. The summed E-state index contributed by atoms with van der Waals surface area (Å²) in [7, 11) is -3.89. The molecule has 2 heterocycles. The molecule has 2 aliphatic heterocycles. The fourth-order valence-electron chi connectivity index (χ4n) is 4.09. The topological polar surface area (TPSA) is 86.8 Å². The largest absolute Gasteiger partial charge is 0.323 e. The average molecular weight is 407 g/mol. The van der Waals surface area contributed by atoms with Gasteiger partial charge in [-0.05, 0) is 36.6 Å². The summed E-state index contributed by atoms with van der Waals surface area (Å²) in [6.07, 6.45) is 0. The number of anilines is 3. The standard InChI is InChI=1S/C21H17N3O4S/c1-13(21(26)23-12-19(25)22-15-8-2-3-9-16(15)23)24-17-10-4-6-14-7-5-11-18(20(14)17)29(24,27)28/h2-11,13H,12H2,1H3,(H,22,25)/t13-/m0/s1. The molecule has 0 saturated heterocycles. The Morgan fingerprint density at radius 2 is 1.69 bits per heavy atom. The van der Waals surface area contributed by atoms with E-state index in [1.54, 1.807) is 55.5 Å². The highest BCUT2D eigenvalue weighted by molar-refractivity contribution is 7.93. The van der Waals surface area contributed by atoms with Crippen molar-refractivity contribution in [2.75, 3.05) is 21.1 Å². The molecule has 0 bridgehead atoms. The number of nitrogens with zero attached hydrogens (tertiary/aromatic N) is 2. The predicted molar refractivity (Wildman–Crippen MR) is 110 cm³/mol. The molecule has 1 N–H and O–H groups in total. The van der Waals surface area contributed by atoms with Crippen molar-refractivity contribution in [3.05, 3.63) is 60.7 Å². The SMILES string of the molecule is C[C@@H](C(=O)N1CC(=O)Nc2ccccc21)N1c2cccc3cccc(c23)S1(=O)=O. The molecule has 0 spiro atoms. The number of benzene rings is 3. The van der Waals surface area contributed by atoms with Gasteiger partial charge in [0.15, 0.2) is 0 Å². The highest BCUT2D eigenvalue weighted by Gasteiger charge is 2.43. The van der Waals surface area contributed by atoms with Crippen LogP contribution in [0.2, 0.25) is 0 Å². The Balaban J connectivity index is 1.60. The Bertz CT molecular complexity index is 1300. The number of carbonyl (C=O) groups excluding carboxylic acids is 2. The molecule has 0 unspecified atom stereocenters. The van der Waals surface area contributed by atoms with Crippen LogP contribution < -0.4 is 14.5 Å². The molecule has 146 valence electrons. The van der Waals surface area contributed by atoms with Crippen molar-refractivity contribution in [2.45, 2.75) is 17.9 Å². The molecule has 0 aliphatic carbocycles. The molecule has 0 aromatic heterocycles. The van der Waals surface area contributed by atoms with Gasteiger partial charge in [0.1, 0.15) is 12.6 Å². The zero-order chi connectivity index (χ0) is 20.3. The number of hydrogen-bond acceptors (Lipinski definition) is 4. The summed E-state index contributed by atoms with van der Waals surface area (Å²) in [6, 6.07) is 16.4. The minimum absolute atomic E-state index is 0.161. The maximum Gasteiger partial charge on any atom is 0.265 e. The van der Waals surface area contributed by atoms with Crippen LogP contribution in [0.15, 0.2) is 65.6 Å². The van der Waals surface area contributed by atoms with Crippen LogP contribution in [0.3, 0.4) is 0 Å². The minimum Gasteiger partial charge on any atom is -0.323 e. The number of hydrogen-bond donors (Lipinski definition) is 1. The van der Waals surface area contributed by atoms with E-state index < -0.39 is 22.0 Å². The summed E-state index contributed by atoms with van der Waals surface area (Å²) in [5, 5.41) is 4.15. The van der Waals surface area contributed by atoms with Gasteiger partial charge < -0.3 is 5.32 Å². The third-order valence-electron chi connectivity index (χ3n) is 5.36. The zero-order valence-electron chi connectivity index (χ0n) is 15.5. The maximum absolute atomic E-state index is 13.4. The van der Waals surface area contributed by atoms with Crippen LogP contribution in [0.4, 0.5) is 17.1 Å². The van der Waals surface area contributed by atoms with Gasteiger partial charge in [-0.1, -0.05) is 36.4 Å². The van der Waals surface area contributed by atoms with Gasteiger partial charge in [-0.25, -0.2) is 8.42 Å². The normalized spacial score (nSPS) is 17.8. The van der Waals surface area contributed by atoms with Crippen LogP contribution >= 0.6 is 0 Å². The van der Waals surface area contributed by atoms with Crippen LogP contribution in [0.1, 0.15) is 6.92 Å². The number of carbonyl (C=O) groups is 2. The molecule has 3 aromatic carbocycles. The van der Waals surface area contributed by atoms with Gasteiger partial charge in [0.25, 0.3) is 15.9 Å².